The second-order valence-corrected chi connectivity index (χ2v) is 8.16. The Labute approximate surface area is 134 Å². The first kappa shape index (κ1) is 14.7. The van der Waals surface area contributed by atoms with Crippen molar-refractivity contribution in [1.82, 2.24) is 0 Å². The molecule has 0 N–H and O–H groups in total. The van der Waals surface area contributed by atoms with E-state index in [2.05, 4.69) is 17.8 Å². The van der Waals surface area contributed by atoms with Crippen LogP contribution in [0, 0.1) is 5.92 Å². The lowest BCUT2D eigenvalue weighted by molar-refractivity contribution is -0.108. The zero-order valence-corrected chi connectivity index (χ0v) is 13.6. The van der Waals surface area contributed by atoms with Crippen molar-refractivity contribution >= 4 is 41.2 Å². The maximum atomic E-state index is 10.7. The first-order valence-electron chi connectivity index (χ1n) is 7.23. The molecule has 2 bridgehead atoms. The van der Waals surface area contributed by atoms with Gasteiger partial charge >= 0.3 is 0 Å². The summed E-state index contributed by atoms with van der Waals surface area (Å²) in [6.07, 6.45) is 6.56. The molecule has 1 nitrogen and oxygen atoms in total. The minimum absolute atomic E-state index is 0.531. The Hall–Kier alpha value is -0.180. The molecule has 2 aliphatic rings. The van der Waals surface area contributed by atoms with Crippen LogP contribution in [0.4, 0.5) is 0 Å². The first-order chi connectivity index (χ1) is 9.69. The molecule has 1 aromatic rings. The van der Waals surface area contributed by atoms with E-state index in [0.29, 0.717) is 33.6 Å². The number of fused-ring (bicyclic) bond motifs is 2. The van der Waals surface area contributed by atoms with E-state index in [-0.39, 0.29) is 0 Å². The summed E-state index contributed by atoms with van der Waals surface area (Å²) < 4.78 is 0. The predicted molar refractivity (Wildman–Crippen MR) is 87.0 cm³/mol. The fourth-order valence-corrected chi connectivity index (χ4v) is 5.90. The van der Waals surface area contributed by atoms with Crippen molar-refractivity contribution in [2.45, 2.75) is 48.5 Å². The zero-order chi connectivity index (χ0) is 14.1. The average Bonchev–Trinajstić information content (AvgIpc) is 2.83. The standard InChI is InChI=1S/C16H18Cl2OS/c17-14-5-3-10(8-15(14)18)13-9-11-4-6-16(20-11)12(13)2-1-7-19/h3,5,7-8,11-13,16H,1-2,4,6,9H2. The Balaban J connectivity index is 1.87. The molecule has 0 amide bonds. The number of thioether (sulfide) groups is 1. The average molecular weight is 329 g/mol. The molecule has 2 fully saturated rings. The van der Waals surface area contributed by atoms with Gasteiger partial charge in [0.25, 0.3) is 0 Å². The van der Waals surface area contributed by atoms with Gasteiger partial charge in [-0.05, 0) is 55.2 Å². The van der Waals surface area contributed by atoms with Crippen molar-refractivity contribution in [3.63, 3.8) is 0 Å². The van der Waals surface area contributed by atoms with Crippen molar-refractivity contribution in [3.05, 3.63) is 33.8 Å². The van der Waals surface area contributed by atoms with Crippen LogP contribution in [0.15, 0.2) is 18.2 Å². The van der Waals surface area contributed by atoms with Crippen molar-refractivity contribution in [3.8, 4) is 0 Å². The van der Waals surface area contributed by atoms with Gasteiger partial charge in [0.15, 0.2) is 0 Å². The third-order valence-corrected chi connectivity index (χ3v) is 7.13. The van der Waals surface area contributed by atoms with Crippen LogP contribution in [0.3, 0.4) is 0 Å². The van der Waals surface area contributed by atoms with Crippen LogP contribution in [0.5, 0.6) is 0 Å². The highest BCUT2D eigenvalue weighted by atomic mass is 35.5. The van der Waals surface area contributed by atoms with E-state index in [1.54, 1.807) is 0 Å². The topological polar surface area (TPSA) is 17.1 Å². The number of carbonyl (C=O) groups is 1. The van der Waals surface area contributed by atoms with Gasteiger partial charge in [-0.2, -0.15) is 11.8 Å². The molecule has 20 heavy (non-hydrogen) atoms. The molecule has 0 aliphatic carbocycles. The third kappa shape index (κ3) is 2.88. The molecule has 2 aliphatic heterocycles. The van der Waals surface area contributed by atoms with Gasteiger partial charge in [-0.25, -0.2) is 0 Å². The molecule has 4 heteroatoms. The molecule has 4 atom stereocenters. The fraction of sp³-hybridized carbons (Fsp3) is 0.562. The zero-order valence-electron chi connectivity index (χ0n) is 11.2. The summed E-state index contributed by atoms with van der Waals surface area (Å²) in [5.41, 5.74) is 1.30. The second-order valence-electron chi connectivity index (χ2n) is 5.80. The Morgan fingerprint density at radius 1 is 1.25 bits per heavy atom. The summed E-state index contributed by atoms with van der Waals surface area (Å²) >= 11 is 14.3. The Morgan fingerprint density at radius 3 is 2.85 bits per heavy atom. The minimum atomic E-state index is 0.531. The van der Waals surface area contributed by atoms with Gasteiger partial charge in [0.2, 0.25) is 0 Å². The lowest BCUT2D eigenvalue weighted by atomic mass is 9.79. The number of rotatable bonds is 4. The SMILES string of the molecule is O=CCCC1C2CCC(CC1c1ccc(Cl)c(Cl)c1)S2. The van der Waals surface area contributed by atoms with E-state index in [0.717, 1.165) is 18.0 Å². The van der Waals surface area contributed by atoms with Gasteiger partial charge in [0, 0.05) is 16.9 Å². The van der Waals surface area contributed by atoms with Gasteiger partial charge in [-0.1, -0.05) is 29.3 Å². The highest BCUT2D eigenvalue weighted by Gasteiger charge is 2.42. The monoisotopic (exact) mass is 328 g/mol. The van der Waals surface area contributed by atoms with Gasteiger partial charge in [-0.3, -0.25) is 0 Å². The van der Waals surface area contributed by atoms with Crippen LogP contribution in [0.2, 0.25) is 10.0 Å². The highest BCUT2D eigenvalue weighted by Crippen LogP contribution is 2.54. The smallest absolute Gasteiger partial charge is 0.120 e. The summed E-state index contributed by atoms with van der Waals surface area (Å²) in [4.78, 5) is 10.7. The molecular formula is C16H18Cl2OS. The number of aldehydes is 1. The summed E-state index contributed by atoms with van der Waals surface area (Å²) in [6.45, 7) is 0. The van der Waals surface area contributed by atoms with Crippen molar-refractivity contribution < 1.29 is 4.79 Å². The lowest BCUT2D eigenvalue weighted by Crippen LogP contribution is -2.28. The van der Waals surface area contributed by atoms with E-state index in [4.69, 9.17) is 23.2 Å². The molecule has 2 heterocycles. The molecule has 3 rings (SSSR count). The maximum absolute atomic E-state index is 10.7. The highest BCUT2D eigenvalue weighted by molar-refractivity contribution is 8.00. The fourth-order valence-electron chi connectivity index (χ4n) is 3.71. The molecule has 4 unspecified atom stereocenters. The molecule has 0 saturated carbocycles. The van der Waals surface area contributed by atoms with Crippen LogP contribution < -0.4 is 0 Å². The van der Waals surface area contributed by atoms with Crippen LogP contribution in [0.1, 0.15) is 43.6 Å². The maximum Gasteiger partial charge on any atom is 0.120 e. The molecule has 1 aromatic carbocycles. The predicted octanol–water partition coefficient (Wildman–Crippen LogP) is 5.34. The van der Waals surface area contributed by atoms with Gasteiger partial charge < -0.3 is 4.79 Å². The van der Waals surface area contributed by atoms with Crippen molar-refractivity contribution in [1.29, 1.82) is 0 Å². The number of hydrogen-bond acceptors (Lipinski definition) is 2. The molecule has 108 valence electrons. The molecular weight excluding hydrogens is 311 g/mol. The van der Waals surface area contributed by atoms with Crippen molar-refractivity contribution in [2.75, 3.05) is 0 Å². The molecule has 0 spiro atoms. The normalized spacial score (nSPS) is 32.3. The van der Waals surface area contributed by atoms with E-state index in [9.17, 15) is 4.79 Å². The summed E-state index contributed by atoms with van der Waals surface area (Å²) in [5, 5.41) is 2.76. The molecule has 0 aromatic heterocycles. The Bertz CT molecular complexity index is 505. The van der Waals surface area contributed by atoms with E-state index in [1.165, 1.54) is 24.8 Å². The van der Waals surface area contributed by atoms with Crippen LogP contribution in [0.25, 0.3) is 0 Å². The van der Waals surface area contributed by atoms with E-state index < -0.39 is 0 Å². The summed E-state index contributed by atoms with van der Waals surface area (Å²) in [5.74, 6) is 1.13. The van der Waals surface area contributed by atoms with Gasteiger partial charge in [0.05, 0.1) is 10.0 Å². The van der Waals surface area contributed by atoms with E-state index in [1.807, 2.05) is 12.1 Å². The minimum Gasteiger partial charge on any atom is -0.303 e. The number of hydrogen-bond donors (Lipinski definition) is 0. The summed E-state index contributed by atoms with van der Waals surface area (Å²) in [6, 6.07) is 6.04. The number of carbonyl (C=O) groups excluding carboxylic acids is 1. The third-order valence-electron chi connectivity index (χ3n) is 4.64. The molecule has 2 saturated heterocycles. The van der Waals surface area contributed by atoms with Crippen LogP contribution in [-0.2, 0) is 4.79 Å². The van der Waals surface area contributed by atoms with Crippen molar-refractivity contribution in [2.24, 2.45) is 5.92 Å². The van der Waals surface area contributed by atoms with Crippen LogP contribution in [-0.4, -0.2) is 16.8 Å². The largest absolute Gasteiger partial charge is 0.303 e. The van der Waals surface area contributed by atoms with Gasteiger partial charge in [0.1, 0.15) is 6.29 Å². The summed E-state index contributed by atoms with van der Waals surface area (Å²) in [7, 11) is 0. The Morgan fingerprint density at radius 2 is 2.10 bits per heavy atom. The van der Waals surface area contributed by atoms with Gasteiger partial charge in [-0.15, -0.1) is 0 Å². The Kier molecular flexibility index (Phi) is 4.64. The first-order valence-corrected chi connectivity index (χ1v) is 8.93. The van der Waals surface area contributed by atoms with Crippen LogP contribution >= 0.6 is 35.0 Å². The number of halogens is 2. The quantitative estimate of drug-likeness (QED) is 0.694. The molecule has 0 radical (unpaired) electrons. The lowest BCUT2D eigenvalue weighted by Gasteiger charge is -2.36. The second kappa shape index (κ2) is 6.29. The van der Waals surface area contributed by atoms with E-state index >= 15 is 0 Å². The number of benzene rings is 1.